The van der Waals surface area contributed by atoms with E-state index in [4.69, 9.17) is 15.2 Å². The van der Waals surface area contributed by atoms with Crippen LogP contribution in [-0.2, 0) is 22.4 Å². The molecule has 0 saturated carbocycles. The molecule has 2 heterocycles. The number of nitrogens with zero attached hydrogens (tertiary/aromatic N) is 2. The minimum atomic E-state index is -0.675. The van der Waals surface area contributed by atoms with E-state index in [0.29, 0.717) is 32.5 Å². The fraction of sp³-hybridized carbons (Fsp3) is 0.600. The molecule has 0 bridgehead atoms. The highest BCUT2D eigenvalue weighted by Gasteiger charge is 2.43. The molecule has 250 valence electrons. The van der Waals surface area contributed by atoms with Crippen molar-refractivity contribution in [1.82, 2.24) is 15.1 Å². The van der Waals surface area contributed by atoms with Gasteiger partial charge in [0, 0.05) is 31.2 Å². The van der Waals surface area contributed by atoms with Gasteiger partial charge in [-0.2, -0.15) is 0 Å². The monoisotopic (exact) mass is 626 g/mol. The first-order valence-electron chi connectivity index (χ1n) is 16.0. The summed E-state index contributed by atoms with van der Waals surface area (Å²) < 4.78 is 10.7. The molecule has 2 fully saturated rings. The predicted octanol–water partition coefficient (Wildman–Crippen LogP) is 4.46. The van der Waals surface area contributed by atoms with Crippen LogP contribution >= 0.6 is 0 Å². The van der Waals surface area contributed by atoms with Crippen LogP contribution in [0.3, 0.4) is 0 Å². The summed E-state index contributed by atoms with van der Waals surface area (Å²) in [6, 6.07) is 20.3. The van der Waals surface area contributed by atoms with E-state index < -0.39 is 28.9 Å². The second-order valence-corrected chi connectivity index (χ2v) is 14.1. The highest BCUT2D eigenvalue weighted by atomic mass is 16.6. The largest absolute Gasteiger partial charge is 0.444 e. The number of hydrogen-bond acceptors (Lipinski definition) is 8. The van der Waals surface area contributed by atoms with Crippen molar-refractivity contribution in [2.24, 2.45) is 5.73 Å². The lowest BCUT2D eigenvalue weighted by Crippen LogP contribution is -2.63. The summed E-state index contributed by atoms with van der Waals surface area (Å²) in [4.78, 5) is 27.2. The second kappa shape index (κ2) is 15.9. The first kappa shape index (κ1) is 36.3. The molecular weight excluding hydrogens is 572 g/mol. The van der Waals surface area contributed by atoms with E-state index in [-0.39, 0.29) is 31.3 Å². The first-order chi connectivity index (χ1) is 21.1. The number of nitrogens with two attached hydrogens (primary N) is 1. The number of carbonyl (C=O) groups is 2. The van der Waals surface area contributed by atoms with E-state index >= 15 is 0 Å². The van der Waals surface area contributed by atoms with Gasteiger partial charge in [0.05, 0.1) is 25.3 Å². The maximum atomic E-state index is 12.5. The number of ether oxygens (including phenoxy) is 2. The van der Waals surface area contributed by atoms with Gasteiger partial charge in [-0.3, -0.25) is 0 Å². The topological polar surface area (TPSA) is 138 Å². The molecule has 4 rings (SSSR count). The number of carbonyl (C=O) groups excluding carboxylic acids is 2. The minimum absolute atomic E-state index is 0.233. The van der Waals surface area contributed by atoms with Crippen LogP contribution in [0.1, 0.15) is 71.9 Å². The zero-order valence-electron chi connectivity index (χ0n) is 27.9. The fourth-order valence-electron chi connectivity index (χ4n) is 5.38. The number of aryl methyl sites for hydroxylation is 1. The number of likely N-dealkylation sites (tertiary alicyclic amines) is 2. The van der Waals surface area contributed by atoms with Crippen molar-refractivity contribution in [3.05, 3.63) is 71.8 Å². The van der Waals surface area contributed by atoms with Gasteiger partial charge in [0.15, 0.2) is 0 Å². The van der Waals surface area contributed by atoms with Gasteiger partial charge in [-0.25, -0.2) is 9.59 Å². The number of β-amino-alcohol motifs (C(OH)–C–C–N with tert-alkyl or cyclic N) is 2. The normalized spacial score (nSPS) is 23.9. The maximum Gasteiger partial charge on any atom is 0.410 e. The Morgan fingerprint density at radius 2 is 1.36 bits per heavy atom. The molecule has 2 aliphatic rings. The van der Waals surface area contributed by atoms with E-state index in [9.17, 15) is 19.8 Å². The highest BCUT2D eigenvalue weighted by Crippen LogP contribution is 2.30. The molecule has 0 aromatic heterocycles. The molecular formula is C35H54N4O6. The van der Waals surface area contributed by atoms with Crippen LogP contribution < -0.4 is 11.1 Å². The summed E-state index contributed by atoms with van der Waals surface area (Å²) in [6.45, 7) is 13.3. The van der Waals surface area contributed by atoms with Crippen LogP contribution in [-0.4, -0.2) is 93.4 Å². The molecule has 2 aromatic rings. The number of hydrogen-bond donors (Lipinski definition) is 4. The predicted molar refractivity (Wildman–Crippen MR) is 176 cm³/mol. The van der Waals surface area contributed by atoms with Crippen LogP contribution in [0.5, 0.6) is 0 Å². The molecule has 0 spiro atoms. The van der Waals surface area contributed by atoms with E-state index in [1.807, 2.05) is 77.9 Å². The first-order valence-corrected chi connectivity index (χ1v) is 16.0. The molecule has 2 aliphatic heterocycles. The zero-order chi connectivity index (χ0) is 33.3. The lowest BCUT2D eigenvalue weighted by Gasteiger charge is -2.46. The van der Waals surface area contributed by atoms with Gasteiger partial charge in [-0.05, 0) is 78.4 Å². The van der Waals surface area contributed by atoms with Crippen LogP contribution in [0, 0.1) is 0 Å². The van der Waals surface area contributed by atoms with Crippen molar-refractivity contribution in [3.8, 4) is 0 Å². The van der Waals surface area contributed by atoms with Crippen LogP contribution in [0.2, 0.25) is 0 Å². The average molecular weight is 627 g/mol. The van der Waals surface area contributed by atoms with Crippen molar-refractivity contribution in [1.29, 1.82) is 0 Å². The van der Waals surface area contributed by atoms with Gasteiger partial charge >= 0.3 is 12.2 Å². The summed E-state index contributed by atoms with van der Waals surface area (Å²) in [5, 5.41) is 24.4. The van der Waals surface area contributed by atoms with Crippen molar-refractivity contribution < 1.29 is 29.3 Å². The Labute approximate surface area is 268 Å². The van der Waals surface area contributed by atoms with Gasteiger partial charge in [-0.1, -0.05) is 60.7 Å². The molecule has 0 unspecified atom stereocenters. The molecule has 0 radical (unpaired) electrons. The quantitative estimate of drug-likeness (QED) is 0.369. The molecule has 4 atom stereocenters. The highest BCUT2D eigenvalue weighted by molar-refractivity contribution is 5.68. The lowest BCUT2D eigenvalue weighted by molar-refractivity contribution is -0.0348. The molecule has 2 amide bonds. The van der Waals surface area contributed by atoms with E-state index in [1.165, 1.54) is 16.0 Å². The fourth-order valence-corrected chi connectivity index (χ4v) is 5.38. The summed E-state index contributed by atoms with van der Waals surface area (Å²) in [5.41, 5.74) is 6.57. The van der Waals surface area contributed by atoms with Gasteiger partial charge in [-0.15, -0.1) is 0 Å². The van der Waals surface area contributed by atoms with Gasteiger partial charge in [0.1, 0.15) is 11.2 Å². The van der Waals surface area contributed by atoms with Crippen LogP contribution in [0.25, 0.3) is 0 Å². The smallest absolute Gasteiger partial charge is 0.410 e. The summed E-state index contributed by atoms with van der Waals surface area (Å²) in [6.07, 6.45) is 0.888. The molecule has 5 N–H and O–H groups in total. The number of rotatable bonds is 6. The summed E-state index contributed by atoms with van der Waals surface area (Å²) in [5.74, 6) is 0. The number of aliphatic hydroxyl groups excluding tert-OH is 2. The number of piperidine rings is 2. The molecule has 2 aromatic carbocycles. The number of nitrogens with one attached hydrogen (secondary N) is 1. The lowest BCUT2D eigenvalue weighted by atomic mass is 9.79. The van der Waals surface area contributed by atoms with E-state index in [2.05, 4.69) is 29.6 Å². The maximum absolute atomic E-state index is 12.5. The Morgan fingerprint density at radius 1 is 0.844 bits per heavy atom. The average Bonchev–Trinajstić information content (AvgIpc) is 2.97. The Balaban J connectivity index is 0.000000309. The molecule has 10 nitrogen and oxygen atoms in total. The van der Waals surface area contributed by atoms with E-state index in [0.717, 1.165) is 12.8 Å². The van der Waals surface area contributed by atoms with Gasteiger partial charge in [0.25, 0.3) is 0 Å². The van der Waals surface area contributed by atoms with Gasteiger partial charge in [0.2, 0.25) is 0 Å². The Kier molecular flexibility index (Phi) is 12.8. The van der Waals surface area contributed by atoms with E-state index in [1.54, 1.807) is 4.90 Å². The number of aliphatic hydroxyl groups is 2. The summed E-state index contributed by atoms with van der Waals surface area (Å²) in [7, 11) is 0. The van der Waals surface area contributed by atoms with Crippen LogP contribution in [0.15, 0.2) is 60.7 Å². The third-order valence-electron chi connectivity index (χ3n) is 7.99. The zero-order valence-corrected chi connectivity index (χ0v) is 27.9. The van der Waals surface area contributed by atoms with Gasteiger partial charge < -0.3 is 40.5 Å². The van der Waals surface area contributed by atoms with Crippen molar-refractivity contribution >= 4 is 12.2 Å². The Morgan fingerprint density at radius 3 is 1.84 bits per heavy atom. The van der Waals surface area contributed by atoms with Crippen LogP contribution in [0.4, 0.5) is 9.59 Å². The molecule has 10 heteroatoms. The third kappa shape index (κ3) is 11.9. The molecule has 2 saturated heterocycles. The standard InChI is InChI=1S/C25H34N2O3.C10H20N2O3/c1-24(2,3)30-23(29)27-17-16-25(22(28)19-27,15-14-20-10-6-4-7-11-20)26-18-21-12-8-5-9-13-21;1-10(2,3)15-9(14)12-5-4-7(11)8(13)6-12/h4-13,22,26,28H,14-19H2,1-3H3;7-8,13H,4-6,11H2,1-3H3/t22-,25-;7-,8-/m00/s1. The Hall–Kier alpha value is -3.18. The van der Waals surface area contributed by atoms with Crippen molar-refractivity contribution in [2.75, 3.05) is 26.2 Å². The molecule has 45 heavy (non-hydrogen) atoms. The van der Waals surface area contributed by atoms with Crippen molar-refractivity contribution in [2.45, 2.75) is 109 Å². The number of amides is 2. The Bertz CT molecular complexity index is 1150. The third-order valence-corrected chi connectivity index (χ3v) is 7.99. The minimum Gasteiger partial charge on any atom is -0.444 e. The summed E-state index contributed by atoms with van der Waals surface area (Å²) >= 11 is 0. The number of benzene rings is 2. The molecule has 0 aliphatic carbocycles. The van der Waals surface area contributed by atoms with Crippen molar-refractivity contribution in [3.63, 3.8) is 0 Å². The second-order valence-electron chi connectivity index (χ2n) is 14.1. The SMILES string of the molecule is CC(C)(C)OC(=O)N1CC[C@H](N)[C@@H](O)C1.CC(C)(C)OC(=O)N1CC[C@](CCc2ccccc2)(NCc2ccccc2)[C@@H](O)C1.